The molecule has 4 aromatic rings. The average molecular weight is 585 g/mol. The zero-order valence-corrected chi connectivity index (χ0v) is 24.5. The molecule has 2 fully saturated rings. The molecule has 2 aliphatic rings. The summed E-state index contributed by atoms with van der Waals surface area (Å²) in [7, 11) is 0. The molecule has 1 amide bonds. The Morgan fingerprint density at radius 2 is 1.71 bits per heavy atom. The average Bonchev–Trinajstić information content (AvgIpc) is 3.68. The van der Waals surface area contributed by atoms with Crippen LogP contribution in [0, 0.1) is 11.3 Å². The zero-order chi connectivity index (χ0) is 28.2. The number of anilines is 1. The second-order valence-electron chi connectivity index (χ2n) is 10.7. The van der Waals surface area contributed by atoms with Gasteiger partial charge in [0.25, 0.3) is 5.91 Å². The Morgan fingerprint density at radius 1 is 0.951 bits per heavy atom. The SMILES string of the molecule is N#Cc1ccc(CO[C@@H](CN2CCN(C(=O)c3sc4ccccc4c3Cl)CC2)c2cccc(N3CCCC3)c2)cc1. The second kappa shape index (κ2) is 12.6. The molecule has 0 bridgehead atoms. The summed E-state index contributed by atoms with van der Waals surface area (Å²) in [6.45, 7) is 6.26. The van der Waals surface area contributed by atoms with Crippen molar-refractivity contribution in [3.05, 3.63) is 99.4 Å². The number of hydrogen-bond donors (Lipinski definition) is 0. The quantitative estimate of drug-likeness (QED) is 0.229. The van der Waals surface area contributed by atoms with E-state index < -0.39 is 0 Å². The molecule has 210 valence electrons. The van der Waals surface area contributed by atoms with E-state index in [0.717, 1.165) is 48.4 Å². The summed E-state index contributed by atoms with van der Waals surface area (Å²) in [5.41, 5.74) is 4.11. The Balaban J connectivity index is 1.14. The van der Waals surface area contributed by atoms with Crippen LogP contribution >= 0.6 is 22.9 Å². The lowest BCUT2D eigenvalue weighted by atomic mass is 10.1. The van der Waals surface area contributed by atoms with Gasteiger partial charge in [0.1, 0.15) is 4.88 Å². The molecule has 0 N–H and O–H groups in total. The highest BCUT2D eigenvalue weighted by molar-refractivity contribution is 7.21. The van der Waals surface area contributed by atoms with Crippen molar-refractivity contribution in [3.63, 3.8) is 0 Å². The topological polar surface area (TPSA) is 59.8 Å². The molecular formula is C33H33ClN4O2S. The summed E-state index contributed by atoms with van der Waals surface area (Å²) in [4.78, 5) is 20.8. The van der Waals surface area contributed by atoms with Crippen LogP contribution in [0.3, 0.4) is 0 Å². The maximum Gasteiger partial charge on any atom is 0.265 e. The molecule has 0 aliphatic carbocycles. The first kappa shape index (κ1) is 27.7. The minimum atomic E-state index is -0.118. The Kier molecular flexibility index (Phi) is 8.54. The maximum absolute atomic E-state index is 13.4. The van der Waals surface area contributed by atoms with Crippen molar-refractivity contribution in [2.75, 3.05) is 50.7 Å². The highest BCUT2D eigenvalue weighted by Crippen LogP contribution is 2.36. The van der Waals surface area contributed by atoms with E-state index >= 15 is 0 Å². The van der Waals surface area contributed by atoms with Crippen LogP contribution in [0.4, 0.5) is 5.69 Å². The van der Waals surface area contributed by atoms with E-state index in [0.29, 0.717) is 35.2 Å². The number of carbonyl (C=O) groups is 1. The fraction of sp³-hybridized carbons (Fsp3) is 0.333. The molecule has 0 saturated carbocycles. The second-order valence-corrected chi connectivity index (χ2v) is 12.2. The number of amides is 1. The van der Waals surface area contributed by atoms with E-state index in [-0.39, 0.29) is 12.0 Å². The third-order valence-corrected chi connectivity index (χ3v) is 9.72. The summed E-state index contributed by atoms with van der Waals surface area (Å²) in [5, 5.41) is 10.6. The Morgan fingerprint density at radius 3 is 2.44 bits per heavy atom. The molecule has 2 aliphatic heterocycles. The Labute approximate surface area is 250 Å². The lowest BCUT2D eigenvalue weighted by Gasteiger charge is -2.36. The van der Waals surface area contributed by atoms with Crippen molar-refractivity contribution in [3.8, 4) is 6.07 Å². The predicted octanol–water partition coefficient (Wildman–Crippen LogP) is 6.74. The van der Waals surface area contributed by atoms with Gasteiger partial charge in [0.05, 0.1) is 29.4 Å². The summed E-state index contributed by atoms with van der Waals surface area (Å²) in [6, 6.07) is 26.4. The van der Waals surface area contributed by atoms with Gasteiger partial charge in [-0.15, -0.1) is 11.3 Å². The third-order valence-electron chi connectivity index (χ3n) is 8.06. The highest BCUT2D eigenvalue weighted by atomic mass is 35.5. The van der Waals surface area contributed by atoms with E-state index in [1.807, 2.05) is 53.4 Å². The van der Waals surface area contributed by atoms with E-state index in [1.165, 1.54) is 35.4 Å². The van der Waals surface area contributed by atoms with Gasteiger partial charge in [-0.05, 0) is 54.3 Å². The van der Waals surface area contributed by atoms with Crippen LogP contribution in [-0.2, 0) is 11.3 Å². The van der Waals surface area contributed by atoms with Crippen LogP contribution in [0.15, 0.2) is 72.8 Å². The lowest BCUT2D eigenvalue weighted by molar-refractivity contribution is 0.00349. The van der Waals surface area contributed by atoms with Crippen LogP contribution in [0.5, 0.6) is 0 Å². The molecule has 8 heteroatoms. The minimum absolute atomic E-state index is 0.0165. The monoisotopic (exact) mass is 584 g/mol. The van der Waals surface area contributed by atoms with E-state index in [9.17, 15) is 4.79 Å². The molecule has 6 nitrogen and oxygen atoms in total. The van der Waals surface area contributed by atoms with Crippen molar-refractivity contribution in [2.24, 2.45) is 0 Å². The number of rotatable bonds is 8. The van der Waals surface area contributed by atoms with Crippen molar-refractivity contribution in [1.82, 2.24) is 9.80 Å². The first-order valence-electron chi connectivity index (χ1n) is 14.2. The summed E-state index contributed by atoms with van der Waals surface area (Å²) in [5.74, 6) is 0.0165. The number of fused-ring (bicyclic) bond motifs is 1. The number of ether oxygens (including phenoxy) is 1. The highest BCUT2D eigenvalue weighted by Gasteiger charge is 2.28. The van der Waals surface area contributed by atoms with Gasteiger partial charge < -0.3 is 14.5 Å². The standard InChI is InChI=1S/C33H33ClN4O2S/c34-31-28-8-1-2-9-30(28)41-32(31)33(39)38-18-16-36(17-19-38)22-29(40-23-25-12-10-24(21-35)11-13-25)26-6-5-7-27(20-26)37-14-3-4-15-37/h1-2,5-13,20,29H,3-4,14-19,22-23H2/t29-/m0/s1. The number of hydrogen-bond acceptors (Lipinski definition) is 6. The van der Waals surface area contributed by atoms with Gasteiger partial charge >= 0.3 is 0 Å². The van der Waals surface area contributed by atoms with Crippen molar-refractivity contribution in [1.29, 1.82) is 5.26 Å². The van der Waals surface area contributed by atoms with Crippen molar-refractivity contribution >= 4 is 44.6 Å². The Hall–Kier alpha value is -3.41. The molecule has 3 heterocycles. The van der Waals surface area contributed by atoms with Crippen molar-refractivity contribution < 1.29 is 9.53 Å². The molecule has 3 aromatic carbocycles. The molecular weight excluding hydrogens is 552 g/mol. The van der Waals surface area contributed by atoms with E-state index in [2.05, 4.69) is 40.1 Å². The molecule has 1 atom stereocenters. The molecule has 1 aromatic heterocycles. The van der Waals surface area contributed by atoms with Crippen molar-refractivity contribution in [2.45, 2.75) is 25.6 Å². The number of benzene rings is 3. The van der Waals surface area contributed by atoms with Crippen LogP contribution in [0.25, 0.3) is 10.1 Å². The van der Waals surface area contributed by atoms with Gasteiger partial charge in [-0.1, -0.05) is 54.1 Å². The van der Waals surface area contributed by atoms with Gasteiger partial charge in [0.2, 0.25) is 0 Å². The smallest absolute Gasteiger partial charge is 0.265 e. The number of nitrogens with zero attached hydrogens (tertiary/aromatic N) is 4. The lowest BCUT2D eigenvalue weighted by Crippen LogP contribution is -2.49. The van der Waals surface area contributed by atoms with Gasteiger partial charge in [-0.25, -0.2) is 0 Å². The Bertz CT molecular complexity index is 1550. The minimum Gasteiger partial charge on any atom is -0.372 e. The number of carbonyl (C=O) groups excluding carboxylic acids is 1. The fourth-order valence-corrected chi connectivity index (χ4v) is 7.17. The number of thiophene rings is 1. The molecule has 41 heavy (non-hydrogen) atoms. The first-order chi connectivity index (χ1) is 20.1. The summed E-state index contributed by atoms with van der Waals surface area (Å²) < 4.78 is 7.60. The molecule has 6 rings (SSSR count). The molecule has 2 saturated heterocycles. The third kappa shape index (κ3) is 6.27. The molecule has 0 unspecified atom stereocenters. The normalized spacial score (nSPS) is 16.7. The van der Waals surface area contributed by atoms with E-state index in [4.69, 9.17) is 21.6 Å². The van der Waals surface area contributed by atoms with Crippen LogP contribution in [-0.4, -0.2) is 61.5 Å². The summed E-state index contributed by atoms with van der Waals surface area (Å²) in [6.07, 6.45) is 2.35. The van der Waals surface area contributed by atoms with E-state index in [1.54, 1.807) is 0 Å². The van der Waals surface area contributed by atoms with Crippen LogP contribution in [0.1, 0.15) is 45.3 Å². The predicted molar refractivity (Wildman–Crippen MR) is 166 cm³/mol. The molecule has 0 radical (unpaired) electrons. The van der Waals surface area contributed by atoms with Crippen LogP contribution in [0.2, 0.25) is 5.02 Å². The fourth-order valence-electron chi connectivity index (χ4n) is 5.69. The number of piperazine rings is 1. The van der Waals surface area contributed by atoms with Gasteiger partial charge in [0, 0.05) is 61.6 Å². The zero-order valence-electron chi connectivity index (χ0n) is 23.0. The molecule has 0 spiro atoms. The maximum atomic E-state index is 13.4. The number of halogens is 1. The van der Waals surface area contributed by atoms with Crippen LogP contribution < -0.4 is 4.90 Å². The largest absolute Gasteiger partial charge is 0.372 e. The first-order valence-corrected chi connectivity index (χ1v) is 15.4. The van der Waals surface area contributed by atoms with Gasteiger partial charge in [-0.3, -0.25) is 9.69 Å². The summed E-state index contributed by atoms with van der Waals surface area (Å²) >= 11 is 8.09. The number of nitriles is 1. The van der Waals surface area contributed by atoms with Gasteiger partial charge in [-0.2, -0.15) is 5.26 Å². The van der Waals surface area contributed by atoms with Gasteiger partial charge in [0.15, 0.2) is 0 Å².